The van der Waals surface area contributed by atoms with Gasteiger partial charge >= 0.3 is 0 Å². The van der Waals surface area contributed by atoms with Crippen molar-refractivity contribution >= 4 is 12.6 Å². The SMILES string of the molecule is COc1cncc(CS)c1. The molecule has 1 heterocycles. The summed E-state index contributed by atoms with van der Waals surface area (Å²) in [5, 5.41) is 0. The maximum atomic E-state index is 4.96. The minimum atomic E-state index is 0.699. The van der Waals surface area contributed by atoms with Crippen LogP contribution in [0.15, 0.2) is 18.5 Å². The average molecular weight is 155 g/mol. The number of methoxy groups -OCH3 is 1. The number of aromatic nitrogens is 1. The molecule has 0 aromatic carbocycles. The highest BCUT2D eigenvalue weighted by Gasteiger charge is 1.92. The van der Waals surface area contributed by atoms with Crippen molar-refractivity contribution in [3.8, 4) is 5.75 Å². The van der Waals surface area contributed by atoms with Crippen molar-refractivity contribution in [2.45, 2.75) is 5.75 Å². The molecule has 54 valence electrons. The molecular formula is C7H9NOS. The first-order chi connectivity index (χ1) is 4.86. The molecule has 1 aromatic rings. The number of thiol groups is 1. The number of ether oxygens (including phenoxy) is 1. The standard InChI is InChI=1S/C7H9NOS/c1-9-7-2-6(5-10)3-8-4-7/h2-4,10H,5H2,1H3. The summed E-state index contributed by atoms with van der Waals surface area (Å²) < 4.78 is 4.96. The van der Waals surface area contributed by atoms with Crippen molar-refractivity contribution in [1.29, 1.82) is 0 Å². The predicted octanol–water partition coefficient (Wildman–Crippen LogP) is 1.52. The van der Waals surface area contributed by atoms with E-state index in [1.807, 2.05) is 6.07 Å². The van der Waals surface area contributed by atoms with E-state index in [0.717, 1.165) is 11.3 Å². The van der Waals surface area contributed by atoms with E-state index in [1.54, 1.807) is 19.5 Å². The van der Waals surface area contributed by atoms with Gasteiger partial charge in [-0.05, 0) is 11.6 Å². The molecule has 0 aliphatic heterocycles. The highest BCUT2D eigenvalue weighted by atomic mass is 32.1. The normalized spacial score (nSPS) is 9.40. The van der Waals surface area contributed by atoms with Gasteiger partial charge in [-0.1, -0.05) is 0 Å². The van der Waals surface area contributed by atoms with Crippen LogP contribution in [-0.4, -0.2) is 12.1 Å². The second-order valence-corrected chi connectivity index (χ2v) is 2.21. The minimum Gasteiger partial charge on any atom is -0.495 e. The summed E-state index contributed by atoms with van der Waals surface area (Å²) in [5.41, 5.74) is 1.07. The molecule has 0 amide bonds. The zero-order chi connectivity index (χ0) is 7.40. The molecule has 0 atom stereocenters. The zero-order valence-corrected chi connectivity index (χ0v) is 6.64. The first-order valence-electron chi connectivity index (χ1n) is 2.95. The van der Waals surface area contributed by atoms with E-state index in [0.29, 0.717) is 5.75 Å². The van der Waals surface area contributed by atoms with Crippen LogP contribution < -0.4 is 4.74 Å². The Hall–Kier alpha value is -0.700. The predicted molar refractivity (Wildman–Crippen MR) is 43.5 cm³/mol. The molecule has 10 heavy (non-hydrogen) atoms. The van der Waals surface area contributed by atoms with Crippen molar-refractivity contribution in [3.05, 3.63) is 24.0 Å². The van der Waals surface area contributed by atoms with Crippen LogP contribution in [0.5, 0.6) is 5.75 Å². The van der Waals surface area contributed by atoms with Crippen molar-refractivity contribution in [2.75, 3.05) is 7.11 Å². The molecule has 0 N–H and O–H groups in total. The highest BCUT2D eigenvalue weighted by molar-refractivity contribution is 7.79. The van der Waals surface area contributed by atoms with Crippen LogP contribution in [0.2, 0.25) is 0 Å². The van der Waals surface area contributed by atoms with Crippen LogP contribution in [0.25, 0.3) is 0 Å². The molecule has 0 spiro atoms. The van der Waals surface area contributed by atoms with E-state index >= 15 is 0 Å². The van der Waals surface area contributed by atoms with Gasteiger partial charge in [0.2, 0.25) is 0 Å². The third kappa shape index (κ3) is 1.64. The Morgan fingerprint density at radius 1 is 1.60 bits per heavy atom. The minimum absolute atomic E-state index is 0.699. The van der Waals surface area contributed by atoms with Gasteiger partial charge in [0.25, 0.3) is 0 Å². The molecule has 0 aliphatic carbocycles. The molecule has 0 radical (unpaired) electrons. The second kappa shape index (κ2) is 3.46. The molecular weight excluding hydrogens is 146 g/mol. The van der Waals surface area contributed by atoms with Gasteiger partial charge in [-0.15, -0.1) is 0 Å². The van der Waals surface area contributed by atoms with Gasteiger partial charge in [0, 0.05) is 11.9 Å². The van der Waals surface area contributed by atoms with Gasteiger partial charge in [0.15, 0.2) is 0 Å². The van der Waals surface area contributed by atoms with Crippen molar-refractivity contribution in [3.63, 3.8) is 0 Å². The molecule has 0 unspecified atom stereocenters. The molecule has 0 saturated carbocycles. The Bertz CT molecular complexity index is 195. The van der Waals surface area contributed by atoms with E-state index in [2.05, 4.69) is 17.6 Å². The summed E-state index contributed by atoms with van der Waals surface area (Å²) in [4.78, 5) is 3.95. The lowest BCUT2D eigenvalue weighted by Crippen LogP contribution is -1.86. The summed E-state index contributed by atoms with van der Waals surface area (Å²) in [6.07, 6.45) is 3.45. The summed E-state index contributed by atoms with van der Waals surface area (Å²) >= 11 is 4.10. The summed E-state index contributed by atoms with van der Waals surface area (Å²) in [6, 6.07) is 1.92. The maximum absolute atomic E-state index is 4.96. The largest absolute Gasteiger partial charge is 0.495 e. The Balaban J connectivity index is 2.87. The Labute approximate surface area is 65.6 Å². The first-order valence-corrected chi connectivity index (χ1v) is 3.59. The fraction of sp³-hybridized carbons (Fsp3) is 0.286. The third-order valence-electron chi connectivity index (χ3n) is 1.19. The monoisotopic (exact) mass is 155 g/mol. The molecule has 3 heteroatoms. The van der Waals surface area contributed by atoms with Crippen molar-refractivity contribution in [1.82, 2.24) is 4.98 Å². The molecule has 0 aliphatic rings. The van der Waals surface area contributed by atoms with Gasteiger partial charge in [-0.3, -0.25) is 4.98 Å². The molecule has 0 saturated heterocycles. The van der Waals surface area contributed by atoms with E-state index in [1.165, 1.54) is 0 Å². The molecule has 2 nitrogen and oxygen atoms in total. The van der Waals surface area contributed by atoms with Crippen molar-refractivity contribution < 1.29 is 4.74 Å². The average Bonchev–Trinajstić information content (AvgIpc) is 2.05. The molecule has 0 bridgehead atoms. The smallest absolute Gasteiger partial charge is 0.137 e. The van der Waals surface area contributed by atoms with E-state index in [-0.39, 0.29) is 0 Å². The topological polar surface area (TPSA) is 22.1 Å². The zero-order valence-electron chi connectivity index (χ0n) is 5.74. The van der Waals surface area contributed by atoms with E-state index in [4.69, 9.17) is 4.74 Å². The van der Waals surface area contributed by atoms with Gasteiger partial charge < -0.3 is 4.74 Å². The number of nitrogens with zero attached hydrogens (tertiary/aromatic N) is 1. The number of hydrogen-bond acceptors (Lipinski definition) is 3. The summed E-state index contributed by atoms with van der Waals surface area (Å²) in [7, 11) is 1.62. The summed E-state index contributed by atoms with van der Waals surface area (Å²) in [6.45, 7) is 0. The van der Waals surface area contributed by atoms with Crippen LogP contribution in [0.1, 0.15) is 5.56 Å². The van der Waals surface area contributed by atoms with Gasteiger partial charge in [0.1, 0.15) is 5.75 Å². The lowest BCUT2D eigenvalue weighted by molar-refractivity contribution is 0.412. The number of pyridine rings is 1. The van der Waals surface area contributed by atoms with Gasteiger partial charge in [0.05, 0.1) is 13.3 Å². The number of hydrogen-bond donors (Lipinski definition) is 1. The Kier molecular flexibility index (Phi) is 2.57. The Morgan fingerprint density at radius 2 is 2.40 bits per heavy atom. The molecule has 0 fully saturated rings. The third-order valence-corrected chi connectivity index (χ3v) is 1.55. The number of rotatable bonds is 2. The molecule has 1 aromatic heterocycles. The lowest BCUT2D eigenvalue weighted by Gasteiger charge is -1.99. The highest BCUT2D eigenvalue weighted by Crippen LogP contribution is 2.11. The first kappa shape index (κ1) is 7.41. The maximum Gasteiger partial charge on any atom is 0.137 e. The van der Waals surface area contributed by atoms with Gasteiger partial charge in [-0.2, -0.15) is 12.6 Å². The fourth-order valence-electron chi connectivity index (χ4n) is 0.662. The van der Waals surface area contributed by atoms with Gasteiger partial charge in [-0.25, -0.2) is 0 Å². The van der Waals surface area contributed by atoms with Crippen LogP contribution in [0.4, 0.5) is 0 Å². The van der Waals surface area contributed by atoms with Crippen LogP contribution in [0.3, 0.4) is 0 Å². The van der Waals surface area contributed by atoms with Crippen LogP contribution in [0, 0.1) is 0 Å². The lowest BCUT2D eigenvalue weighted by atomic mass is 10.3. The second-order valence-electron chi connectivity index (χ2n) is 1.89. The fourth-order valence-corrected chi connectivity index (χ4v) is 0.835. The van der Waals surface area contributed by atoms with Crippen molar-refractivity contribution in [2.24, 2.45) is 0 Å². The molecule has 1 rings (SSSR count). The quantitative estimate of drug-likeness (QED) is 0.654. The Morgan fingerprint density at radius 3 is 3.00 bits per heavy atom. The van der Waals surface area contributed by atoms with E-state index in [9.17, 15) is 0 Å². The van der Waals surface area contributed by atoms with E-state index < -0.39 is 0 Å². The van der Waals surface area contributed by atoms with Crippen LogP contribution in [-0.2, 0) is 5.75 Å². The summed E-state index contributed by atoms with van der Waals surface area (Å²) in [5.74, 6) is 1.48. The van der Waals surface area contributed by atoms with Crippen LogP contribution >= 0.6 is 12.6 Å².